The first-order valence-corrected chi connectivity index (χ1v) is 8.79. The Balaban J connectivity index is 1.81. The summed E-state index contributed by atoms with van der Waals surface area (Å²) < 4.78 is 0. The average Bonchev–Trinajstić information content (AvgIpc) is 3.19. The highest BCUT2D eigenvalue weighted by molar-refractivity contribution is 7.07. The standard InChI is InChI=1S/C16H24N2OS/c1-2-7-16(8-4-9-17-16)15(19)18-10-3-5-14(18)13-6-11-20-12-13/h6,11-12,14,17H,2-5,7-10H2,1H3. The second-order valence-electron chi connectivity index (χ2n) is 6.08. The predicted molar refractivity (Wildman–Crippen MR) is 82.9 cm³/mol. The van der Waals surface area contributed by atoms with E-state index in [-0.39, 0.29) is 5.54 Å². The highest BCUT2D eigenvalue weighted by Crippen LogP contribution is 2.37. The van der Waals surface area contributed by atoms with Crippen LogP contribution in [0.25, 0.3) is 0 Å². The Kier molecular flexibility index (Phi) is 4.13. The highest BCUT2D eigenvalue weighted by atomic mass is 32.1. The van der Waals surface area contributed by atoms with Gasteiger partial charge in [-0.3, -0.25) is 4.79 Å². The Labute approximate surface area is 125 Å². The van der Waals surface area contributed by atoms with Crippen molar-refractivity contribution in [1.82, 2.24) is 10.2 Å². The van der Waals surface area contributed by atoms with Crippen LogP contribution < -0.4 is 5.32 Å². The van der Waals surface area contributed by atoms with E-state index in [0.717, 1.165) is 51.6 Å². The minimum Gasteiger partial charge on any atom is -0.334 e. The van der Waals surface area contributed by atoms with Gasteiger partial charge in [0.15, 0.2) is 0 Å². The van der Waals surface area contributed by atoms with Crippen molar-refractivity contribution in [3.63, 3.8) is 0 Å². The van der Waals surface area contributed by atoms with Crippen LogP contribution in [0.2, 0.25) is 0 Å². The van der Waals surface area contributed by atoms with Gasteiger partial charge in [-0.15, -0.1) is 0 Å². The molecule has 0 spiro atoms. The molecule has 3 heterocycles. The minimum absolute atomic E-state index is 0.270. The molecule has 20 heavy (non-hydrogen) atoms. The fourth-order valence-electron chi connectivity index (χ4n) is 3.83. The average molecular weight is 292 g/mol. The Morgan fingerprint density at radius 3 is 3.10 bits per heavy atom. The van der Waals surface area contributed by atoms with Gasteiger partial charge in [-0.25, -0.2) is 0 Å². The lowest BCUT2D eigenvalue weighted by Gasteiger charge is -2.35. The molecule has 2 saturated heterocycles. The van der Waals surface area contributed by atoms with Gasteiger partial charge in [0.05, 0.1) is 11.6 Å². The molecule has 3 nitrogen and oxygen atoms in total. The molecule has 2 fully saturated rings. The van der Waals surface area contributed by atoms with Gasteiger partial charge < -0.3 is 10.2 Å². The van der Waals surface area contributed by atoms with Crippen molar-refractivity contribution in [2.45, 2.75) is 57.0 Å². The summed E-state index contributed by atoms with van der Waals surface area (Å²) in [6, 6.07) is 2.49. The molecule has 0 saturated carbocycles. The summed E-state index contributed by atoms with van der Waals surface area (Å²) in [5.41, 5.74) is 1.05. The highest BCUT2D eigenvalue weighted by Gasteiger charge is 2.45. The largest absolute Gasteiger partial charge is 0.334 e. The number of thiophene rings is 1. The predicted octanol–water partition coefficient (Wildman–Crippen LogP) is 3.33. The number of carbonyl (C=O) groups excluding carboxylic acids is 1. The molecule has 0 bridgehead atoms. The van der Waals surface area contributed by atoms with E-state index < -0.39 is 0 Å². The fraction of sp³-hybridized carbons (Fsp3) is 0.688. The molecule has 0 aliphatic carbocycles. The van der Waals surface area contributed by atoms with Crippen LogP contribution in [0.5, 0.6) is 0 Å². The van der Waals surface area contributed by atoms with E-state index in [9.17, 15) is 4.79 Å². The monoisotopic (exact) mass is 292 g/mol. The Hall–Kier alpha value is -0.870. The van der Waals surface area contributed by atoms with Crippen molar-refractivity contribution in [3.8, 4) is 0 Å². The van der Waals surface area contributed by atoms with E-state index in [2.05, 4.69) is 34.0 Å². The van der Waals surface area contributed by atoms with Crippen LogP contribution in [0.15, 0.2) is 16.8 Å². The molecule has 110 valence electrons. The summed E-state index contributed by atoms with van der Waals surface area (Å²) in [4.78, 5) is 15.3. The Morgan fingerprint density at radius 2 is 2.45 bits per heavy atom. The quantitative estimate of drug-likeness (QED) is 0.923. The van der Waals surface area contributed by atoms with Gasteiger partial charge in [-0.1, -0.05) is 13.3 Å². The zero-order valence-electron chi connectivity index (χ0n) is 12.2. The summed E-state index contributed by atoms with van der Waals surface area (Å²) in [5, 5.41) is 7.84. The zero-order valence-corrected chi connectivity index (χ0v) is 13.0. The lowest BCUT2D eigenvalue weighted by atomic mass is 9.89. The number of carbonyl (C=O) groups is 1. The molecular weight excluding hydrogens is 268 g/mol. The van der Waals surface area contributed by atoms with Crippen LogP contribution >= 0.6 is 11.3 Å². The maximum absolute atomic E-state index is 13.1. The molecule has 0 radical (unpaired) electrons. The lowest BCUT2D eigenvalue weighted by molar-refractivity contribution is -0.139. The van der Waals surface area contributed by atoms with E-state index in [1.165, 1.54) is 5.56 Å². The summed E-state index contributed by atoms with van der Waals surface area (Å²) in [5.74, 6) is 0.352. The van der Waals surface area contributed by atoms with Crippen LogP contribution in [0.3, 0.4) is 0 Å². The second kappa shape index (κ2) is 5.86. The second-order valence-corrected chi connectivity index (χ2v) is 6.86. The molecule has 0 aromatic carbocycles. The van der Waals surface area contributed by atoms with E-state index in [4.69, 9.17) is 0 Å². The van der Waals surface area contributed by atoms with E-state index in [1.54, 1.807) is 11.3 Å². The molecule has 1 aromatic rings. The molecular formula is C16H24N2OS. The van der Waals surface area contributed by atoms with Crippen molar-refractivity contribution >= 4 is 17.2 Å². The third kappa shape index (κ3) is 2.40. The first kappa shape index (κ1) is 14.1. The molecule has 2 unspecified atom stereocenters. The topological polar surface area (TPSA) is 32.3 Å². The van der Waals surface area contributed by atoms with Crippen LogP contribution in [-0.2, 0) is 4.79 Å². The zero-order chi connectivity index (χ0) is 14.0. The van der Waals surface area contributed by atoms with Crippen LogP contribution in [0, 0.1) is 0 Å². The first-order valence-electron chi connectivity index (χ1n) is 7.85. The van der Waals surface area contributed by atoms with Gasteiger partial charge >= 0.3 is 0 Å². The van der Waals surface area contributed by atoms with Gasteiger partial charge in [0, 0.05) is 6.54 Å². The van der Waals surface area contributed by atoms with Crippen molar-refractivity contribution in [2.75, 3.05) is 13.1 Å². The molecule has 1 amide bonds. The number of hydrogen-bond donors (Lipinski definition) is 1. The third-order valence-corrected chi connectivity index (χ3v) is 5.47. The summed E-state index contributed by atoms with van der Waals surface area (Å²) in [6.45, 7) is 4.09. The van der Waals surface area contributed by atoms with Gasteiger partial charge in [0.2, 0.25) is 5.91 Å². The van der Waals surface area contributed by atoms with Crippen molar-refractivity contribution in [2.24, 2.45) is 0 Å². The van der Waals surface area contributed by atoms with Crippen molar-refractivity contribution < 1.29 is 4.79 Å². The molecule has 1 N–H and O–H groups in total. The normalized spacial score (nSPS) is 30.1. The van der Waals surface area contributed by atoms with E-state index >= 15 is 0 Å². The SMILES string of the molecule is CCCC1(C(=O)N2CCCC2c2ccsc2)CCCN1. The first-order chi connectivity index (χ1) is 9.77. The van der Waals surface area contributed by atoms with Gasteiger partial charge in [0.1, 0.15) is 0 Å². The number of nitrogens with zero attached hydrogens (tertiary/aromatic N) is 1. The Bertz CT molecular complexity index is 451. The van der Waals surface area contributed by atoms with E-state index in [1.807, 2.05) is 0 Å². The third-order valence-electron chi connectivity index (χ3n) is 4.77. The number of hydrogen-bond acceptors (Lipinski definition) is 3. The maximum atomic E-state index is 13.1. The molecule has 2 atom stereocenters. The summed E-state index contributed by atoms with van der Waals surface area (Å²) in [6.07, 6.45) is 6.42. The van der Waals surface area contributed by atoms with Crippen molar-refractivity contribution in [3.05, 3.63) is 22.4 Å². The van der Waals surface area contributed by atoms with Gasteiger partial charge in [-0.2, -0.15) is 11.3 Å². The van der Waals surface area contributed by atoms with Crippen LogP contribution in [-0.4, -0.2) is 29.4 Å². The Morgan fingerprint density at radius 1 is 1.55 bits per heavy atom. The number of amides is 1. The van der Waals surface area contributed by atoms with E-state index in [0.29, 0.717) is 11.9 Å². The minimum atomic E-state index is -0.270. The molecule has 1 aromatic heterocycles. The smallest absolute Gasteiger partial charge is 0.243 e. The molecule has 2 aliphatic heterocycles. The lowest BCUT2D eigenvalue weighted by Crippen LogP contribution is -2.54. The number of nitrogens with one attached hydrogen (secondary N) is 1. The van der Waals surface area contributed by atoms with Crippen molar-refractivity contribution in [1.29, 1.82) is 0 Å². The number of rotatable bonds is 4. The molecule has 3 rings (SSSR count). The van der Waals surface area contributed by atoms with Gasteiger partial charge in [0.25, 0.3) is 0 Å². The number of likely N-dealkylation sites (tertiary alicyclic amines) is 1. The summed E-state index contributed by atoms with van der Waals surface area (Å²) in [7, 11) is 0. The van der Waals surface area contributed by atoms with Crippen LogP contribution in [0.1, 0.15) is 57.1 Å². The fourth-order valence-corrected chi connectivity index (χ4v) is 4.54. The van der Waals surface area contributed by atoms with Gasteiger partial charge in [-0.05, 0) is 61.0 Å². The molecule has 2 aliphatic rings. The van der Waals surface area contributed by atoms with Crippen LogP contribution in [0.4, 0.5) is 0 Å². The summed E-state index contributed by atoms with van der Waals surface area (Å²) >= 11 is 1.73. The molecule has 4 heteroatoms. The maximum Gasteiger partial charge on any atom is 0.243 e.